The van der Waals surface area contributed by atoms with Crippen LogP contribution in [0.15, 0.2) is 48.5 Å². The molecule has 7 heteroatoms. The number of ether oxygens (including phenoxy) is 3. The summed E-state index contributed by atoms with van der Waals surface area (Å²) in [6, 6.07) is 14.8. The third-order valence-electron chi connectivity index (χ3n) is 4.61. The van der Waals surface area contributed by atoms with Crippen LogP contribution in [0.3, 0.4) is 0 Å². The van der Waals surface area contributed by atoms with Gasteiger partial charge in [-0.25, -0.2) is 4.79 Å². The van der Waals surface area contributed by atoms with Crippen LogP contribution in [0.4, 0.5) is 0 Å². The van der Waals surface area contributed by atoms with Crippen molar-refractivity contribution in [3.63, 3.8) is 0 Å². The van der Waals surface area contributed by atoms with Gasteiger partial charge in [-0.1, -0.05) is 30.3 Å². The first kappa shape index (κ1) is 20.3. The fourth-order valence-electron chi connectivity index (χ4n) is 3.09. The number of rotatable bonds is 7. The van der Waals surface area contributed by atoms with Gasteiger partial charge in [0.1, 0.15) is 17.2 Å². The molecule has 0 aliphatic rings. The Morgan fingerprint density at radius 3 is 2.45 bits per heavy atom. The Labute approximate surface area is 169 Å². The van der Waals surface area contributed by atoms with Gasteiger partial charge in [-0.15, -0.1) is 0 Å². The van der Waals surface area contributed by atoms with Gasteiger partial charge >= 0.3 is 5.97 Å². The van der Waals surface area contributed by atoms with E-state index in [4.69, 9.17) is 14.2 Å². The van der Waals surface area contributed by atoms with Crippen LogP contribution in [0.2, 0.25) is 0 Å². The molecule has 0 spiro atoms. The van der Waals surface area contributed by atoms with Gasteiger partial charge in [0.2, 0.25) is 0 Å². The largest absolute Gasteiger partial charge is 0.497 e. The summed E-state index contributed by atoms with van der Waals surface area (Å²) in [6.07, 6.45) is -0.918. The van der Waals surface area contributed by atoms with Crippen molar-refractivity contribution in [3.05, 3.63) is 59.8 Å². The summed E-state index contributed by atoms with van der Waals surface area (Å²) in [5.41, 5.74) is 1.89. The second kappa shape index (κ2) is 8.68. The number of H-pyrrole nitrogens is 1. The van der Waals surface area contributed by atoms with Crippen LogP contribution in [0.1, 0.15) is 23.0 Å². The third-order valence-corrected chi connectivity index (χ3v) is 4.61. The Bertz CT molecular complexity index is 1010. The summed E-state index contributed by atoms with van der Waals surface area (Å²) in [5.74, 6) is 0.262. The van der Waals surface area contributed by atoms with Crippen molar-refractivity contribution in [2.45, 2.75) is 19.6 Å². The second-order valence-electron chi connectivity index (χ2n) is 6.70. The fraction of sp³-hybridized carbons (Fsp3) is 0.273. The lowest BCUT2D eigenvalue weighted by Crippen LogP contribution is -2.37. The maximum atomic E-state index is 12.6. The summed E-state index contributed by atoms with van der Waals surface area (Å²) in [7, 11) is 4.78. The molecule has 0 saturated carbocycles. The predicted octanol–water partition coefficient (Wildman–Crippen LogP) is 3.39. The van der Waals surface area contributed by atoms with Crippen molar-refractivity contribution in [1.29, 1.82) is 0 Å². The van der Waals surface area contributed by atoms with Gasteiger partial charge in [-0.05, 0) is 24.6 Å². The number of aromatic amines is 1. The Morgan fingerprint density at radius 1 is 1.07 bits per heavy atom. The number of hydrogen-bond donors (Lipinski definition) is 1. The van der Waals surface area contributed by atoms with Crippen molar-refractivity contribution in [3.8, 4) is 11.5 Å². The molecule has 152 valence electrons. The van der Waals surface area contributed by atoms with E-state index in [9.17, 15) is 9.59 Å². The SMILES string of the molecule is COc1cc(OC)c2[nH]c(C(=O)OC(C)C(=O)N(C)Cc3ccccc3)cc2c1. The zero-order valence-corrected chi connectivity index (χ0v) is 16.9. The molecule has 7 nitrogen and oxygen atoms in total. The van der Waals surface area contributed by atoms with Gasteiger partial charge in [0, 0.05) is 25.0 Å². The van der Waals surface area contributed by atoms with E-state index < -0.39 is 12.1 Å². The van der Waals surface area contributed by atoms with Crippen LogP contribution >= 0.6 is 0 Å². The molecule has 3 aromatic rings. The summed E-state index contributed by atoms with van der Waals surface area (Å²) in [5, 5.41) is 0.744. The first-order valence-corrected chi connectivity index (χ1v) is 9.17. The zero-order chi connectivity index (χ0) is 21.0. The van der Waals surface area contributed by atoms with Gasteiger partial charge in [-0.3, -0.25) is 4.79 Å². The smallest absolute Gasteiger partial charge is 0.355 e. The minimum atomic E-state index is -0.918. The highest BCUT2D eigenvalue weighted by atomic mass is 16.5. The van der Waals surface area contributed by atoms with Crippen LogP contribution in [0.5, 0.6) is 11.5 Å². The van der Waals surface area contributed by atoms with Crippen LogP contribution in [-0.2, 0) is 16.1 Å². The number of methoxy groups -OCH3 is 2. The Hall–Kier alpha value is -3.48. The van der Waals surface area contributed by atoms with E-state index in [1.165, 1.54) is 12.0 Å². The minimum absolute atomic E-state index is 0.233. The van der Waals surface area contributed by atoms with Gasteiger partial charge in [-0.2, -0.15) is 0 Å². The molecule has 1 amide bonds. The zero-order valence-electron chi connectivity index (χ0n) is 16.9. The lowest BCUT2D eigenvalue weighted by atomic mass is 10.2. The van der Waals surface area contributed by atoms with E-state index in [1.807, 2.05) is 30.3 Å². The molecule has 1 atom stereocenters. The first-order valence-electron chi connectivity index (χ1n) is 9.17. The highest BCUT2D eigenvalue weighted by Gasteiger charge is 2.23. The number of esters is 1. The molecule has 29 heavy (non-hydrogen) atoms. The number of carbonyl (C=O) groups is 2. The molecule has 1 heterocycles. The number of likely N-dealkylation sites (N-methyl/N-ethyl adjacent to an activating group) is 1. The third kappa shape index (κ3) is 4.51. The van der Waals surface area contributed by atoms with Crippen molar-refractivity contribution >= 4 is 22.8 Å². The number of fused-ring (bicyclic) bond motifs is 1. The van der Waals surface area contributed by atoms with Gasteiger partial charge in [0.05, 0.1) is 19.7 Å². The molecule has 1 N–H and O–H groups in total. The van der Waals surface area contributed by atoms with Crippen molar-refractivity contribution < 1.29 is 23.8 Å². The first-order chi connectivity index (χ1) is 13.9. The quantitative estimate of drug-likeness (QED) is 0.619. The Kier molecular flexibility index (Phi) is 6.07. The second-order valence-corrected chi connectivity index (χ2v) is 6.70. The highest BCUT2D eigenvalue weighted by Crippen LogP contribution is 2.31. The van der Waals surface area contributed by atoms with Gasteiger partial charge in [0.25, 0.3) is 5.91 Å². The normalized spacial score (nSPS) is 11.7. The molecule has 3 rings (SSSR count). The minimum Gasteiger partial charge on any atom is -0.497 e. The summed E-state index contributed by atoms with van der Waals surface area (Å²) in [4.78, 5) is 29.7. The number of carbonyl (C=O) groups excluding carboxylic acids is 2. The van der Waals surface area contributed by atoms with Crippen molar-refractivity contribution in [2.75, 3.05) is 21.3 Å². The van der Waals surface area contributed by atoms with Gasteiger partial charge < -0.3 is 24.1 Å². The van der Waals surface area contributed by atoms with E-state index >= 15 is 0 Å². The van der Waals surface area contributed by atoms with Crippen LogP contribution in [0, 0.1) is 0 Å². The number of nitrogens with one attached hydrogen (secondary N) is 1. The molecule has 0 saturated heterocycles. The Balaban J connectivity index is 1.71. The molecular formula is C22H24N2O5. The number of nitrogens with zero attached hydrogens (tertiary/aromatic N) is 1. The van der Waals surface area contributed by atoms with Crippen LogP contribution in [-0.4, -0.2) is 49.1 Å². The predicted molar refractivity (Wildman–Crippen MR) is 109 cm³/mol. The Morgan fingerprint density at radius 2 is 1.79 bits per heavy atom. The molecule has 0 aliphatic carbocycles. The van der Waals surface area contributed by atoms with E-state index in [0.29, 0.717) is 23.6 Å². The van der Waals surface area contributed by atoms with E-state index in [2.05, 4.69) is 4.98 Å². The lowest BCUT2D eigenvalue weighted by molar-refractivity contribution is -0.139. The average Bonchev–Trinajstić information content (AvgIpc) is 3.17. The number of amides is 1. The maximum Gasteiger partial charge on any atom is 0.355 e. The molecule has 2 aromatic carbocycles. The summed E-state index contributed by atoms with van der Waals surface area (Å²) in [6.45, 7) is 2.00. The molecule has 0 aliphatic heterocycles. The number of hydrogen-bond acceptors (Lipinski definition) is 5. The van der Waals surface area contributed by atoms with E-state index in [1.54, 1.807) is 39.3 Å². The molecular weight excluding hydrogens is 372 g/mol. The topological polar surface area (TPSA) is 80.9 Å². The summed E-state index contributed by atoms with van der Waals surface area (Å²) >= 11 is 0. The molecule has 1 aromatic heterocycles. The monoisotopic (exact) mass is 396 g/mol. The number of aromatic nitrogens is 1. The maximum absolute atomic E-state index is 12.6. The molecule has 0 bridgehead atoms. The summed E-state index contributed by atoms with van der Waals surface area (Å²) < 4.78 is 16.0. The van der Waals surface area contributed by atoms with Crippen molar-refractivity contribution in [1.82, 2.24) is 9.88 Å². The van der Waals surface area contributed by atoms with E-state index in [0.717, 1.165) is 10.9 Å². The fourth-order valence-corrected chi connectivity index (χ4v) is 3.09. The van der Waals surface area contributed by atoms with E-state index in [-0.39, 0.29) is 11.6 Å². The lowest BCUT2D eigenvalue weighted by Gasteiger charge is -2.21. The van der Waals surface area contributed by atoms with Crippen LogP contribution < -0.4 is 9.47 Å². The molecule has 1 unspecified atom stereocenters. The highest BCUT2D eigenvalue weighted by molar-refractivity contribution is 5.98. The average molecular weight is 396 g/mol. The number of benzene rings is 2. The van der Waals surface area contributed by atoms with Gasteiger partial charge in [0.15, 0.2) is 6.10 Å². The van der Waals surface area contributed by atoms with Crippen molar-refractivity contribution in [2.24, 2.45) is 0 Å². The molecule has 0 fully saturated rings. The molecule has 0 radical (unpaired) electrons. The standard InChI is InChI=1S/C22H24N2O5/c1-14(21(25)24(2)13-15-8-6-5-7-9-15)29-22(26)18-11-16-10-17(27-3)12-19(28-4)20(16)23-18/h5-12,14,23H,13H2,1-4H3. The van der Waals surface area contributed by atoms with Crippen LogP contribution in [0.25, 0.3) is 10.9 Å².